The van der Waals surface area contributed by atoms with Crippen LogP contribution in [0.15, 0.2) is 0 Å². The van der Waals surface area contributed by atoms with Crippen molar-refractivity contribution in [2.45, 2.75) is 38.6 Å². The highest BCUT2D eigenvalue weighted by atomic mass is 16.5. The van der Waals surface area contributed by atoms with Crippen LogP contribution in [0.25, 0.3) is 0 Å². The van der Waals surface area contributed by atoms with E-state index in [-0.39, 0.29) is 0 Å². The Balaban J connectivity index is 1.92. The van der Waals surface area contributed by atoms with E-state index in [4.69, 9.17) is 10.5 Å². The Morgan fingerprint density at radius 3 is 2.47 bits per heavy atom. The fourth-order valence-corrected chi connectivity index (χ4v) is 2.60. The Hall–Kier alpha value is -0.120. The number of ether oxygens (including phenoxy) is 1. The van der Waals surface area contributed by atoms with Crippen molar-refractivity contribution < 1.29 is 4.74 Å². The number of hydrogen-bond acceptors (Lipinski definition) is 3. The van der Waals surface area contributed by atoms with Gasteiger partial charge >= 0.3 is 0 Å². The van der Waals surface area contributed by atoms with Gasteiger partial charge in [-0.3, -0.25) is 0 Å². The Labute approximate surface area is 93.0 Å². The first kappa shape index (κ1) is 11.4. The van der Waals surface area contributed by atoms with E-state index in [2.05, 4.69) is 11.8 Å². The molecule has 15 heavy (non-hydrogen) atoms. The quantitative estimate of drug-likeness (QED) is 0.745. The summed E-state index contributed by atoms with van der Waals surface area (Å²) in [5.41, 5.74) is 6.32. The van der Waals surface area contributed by atoms with Crippen molar-refractivity contribution >= 4 is 0 Å². The fourth-order valence-electron chi connectivity index (χ4n) is 2.60. The van der Waals surface area contributed by atoms with E-state index in [0.717, 1.165) is 38.6 Å². The Bertz CT molecular complexity index is 198. The summed E-state index contributed by atoms with van der Waals surface area (Å²) in [5.74, 6) is 0. The molecule has 0 aromatic heterocycles. The van der Waals surface area contributed by atoms with Gasteiger partial charge in [0.05, 0.1) is 0 Å². The van der Waals surface area contributed by atoms with Crippen LogP contribution in [-0.2, 0) is 4.74 Å². The normalized spacial score (nSPS) is 25.8. The van der Waals surface area contributed by atoms with Crippen LogP contribution in [0.5, 0.6) is 0 Å². The van der Waals surface area contributed by atoms with Crippen LogP contribution < -0.4 is 5.73 Å². The maximum atomic E-state index is 5.98. The standard InChI is InChI=1S/C12H24N2O/c1-2-14(11-3-4-11)10-12(9-13)5-7-15-8-6-12/h11H,2-10,13H2,1H3. The molecule has 1 saturated heterocycles. The zero-order valence-corrected chi connectivity index (χ0v) is 9.87. The molecule has 88 valence electrons. The number of nitrogens with zero attached hydrogens (tertiary/aromatic N) is 1. The smallest absolute Gasteiger partial charge is 0.0472 e. The fraction of sp³-hybridized carbons (Fsp3) is 1.00. The molecule has 0 unspecified atom stereocenters. The maximum Gasteiger partial charge on any atom is 0.0472 e. The molecule has 0 radical (unpaired) electrons. The van der Waals surface area contributed by atoms with Crippen molar-refractivity contribution in [1.29, 1.82) is 0 Å². The highest BCUT2D eigenvalue weighted by Crippen LogP contribution is 2.34. The van der Waals surface area contributed by atoms with Gasteiger partial charge in [0.2, 0.25) is 0 Å². The van der Waals surface area contributed by atoms with Crippen LogP contribution in [0.2, 0.25) is 0 Å². The third-order valence-corrected chi connectivity index (χ3v) is 3.99. The van der Waals surface area contributed by atoms with Gasteiger partial charge in [-0.15, -0.1) is 0 Å². The topological polar surface area (TPSA) is 38.5 Å². The molecule has 2 rings (SSSR count). The summed E-state index contributed by atoms with van der Waals surface area (Å²) in [4.78, 5) is 2.62. The monoisotopic (exact) mass is 212 g/mol. The molecule has 0 spiro atoms. The lowest BCUT2D eigenvalue weighted by Gasteiger charge is -2.40. The lowest BCUT2D eigenvalue weighted by atomic mass is 9.79. The minimum absolute atomic E-state index is 0.344. The summed E-state index contributed by atoms with van der Waals surface area (Å²) in [5, 5.41) is 0. The molecule has 0 bridgehead atoms. The van der Waals surface area contributed by atoms with E-state index >= 15 is 0 Å². The third-order valence-electron chi connectivity index (χ3n) is 3.99. The molecule has 3 nitrogen and oxygen atoms in total. The SMILES string of the molecule is CCN(CC1(CN)CCOCC1)C1CC1. The Morgan fingerprint density at radius 1 is 1.33 bits per heavy atom. The highest BCUT2D eigenvalue weighted by Gasteiger charge is 2.37. The maximum absolute atomic E-state index is 5.98. The first-order valence-electron chi connectivity index (χ1n) is 6.31. The minimum atomic E-state index is 0.344. The van der Waals surface area contributed by atoms with Gasteiger partial charge in [-0.2, -0.15) is 0 Å². The molecular weight excluding hydrogens is 188 g/mol. The summed E-state index contributed by atoms with van der Waals surface area (Å²) in [6.45, 7) is 7.25. The molecule has 0 aromatic carbocycles. The molecule has 0 atom stereocenters. The van der Waals surface area contributed by atoms with E-state index < -0.39 is 0 Å². The number of rotatable bonds is 5. The van der Waals surface area contributed by atoms with E-state index in [0.29, 0.717) is 5.41 Å². The van der Waals surface area contributed by atoms with Crippen molar-refractivity contribution in [2.24, 2.45) is 11.1 Å². The van der Waals surface area contributed by atoms with Gasteiger partial charge in [0.15, 0.2) is 0 Å². The van der Waals surface area contributed by atoms with E-state index in [1.165, 1.54) is 25.9 Å². The molecule has 1 heterocycles. The predicted octanol–water partition coefficient (Wildman–Crippen LogP) is 1.23. The Kier molecular flexibility index (Phi) is 3.65. The van der Waals surface area contributed by atoms with Crippen LogP contribution in [0.4, 0.5) is 0 Å². The predicted molar refractivity (Wildman–Crippen MR) is 61.8 cm³/mol. The lowest BCUT2D eigenvalue weighted by molar-refractivity contribution is -0.000735. The van der Waals surface area contributed by atoms with Gasteiger partial charge in [0, 0.05) is 25.8 Å². The molecule has 2 aliphatic rings. The van der Waals surface area contributed by atoms with Crippen LogP contribution in [0, 0.1) is 5.41 Å². The molecule has 1 saturated carbocycles. The van der Waals surface area contributed by atoms with Gasteiger partial charge in [-0.1, -0.05) is 6.92 Å². The molecule has 3 heteroatoms. The van der Waals surface area contributed by atoms with Crippen molar-refractivity contribution in [2.75, 3.05) is 32.8 Å². The highest BCUT2D eigenvalue weighted by molar-refractivity contribution is 4.91. The first-order valence-corrected chi connectivity index (χ1v) is 6.31. The summed E-state index contributed by atoms with van der Waals surface area (Å²) in [6.07, 6.45) is 5.08. The van der Waals surface area contributed by atoms with Gasteiger partial charge in [0.1, 0.15) is 0 Å². The average Bonchev–Trinajstić information content (AvgIpc) is 3.11. The minimum Gasteiger partial charge on any atom is -0.381 e. The number of nitrogens with two attached hydrogens (primary N) is 1. The van der Waals surface area contributed by atoms with Crippen molar-refractivity contribution in [3.8, 4) is 0 Å². The van der Waals surface area contributed by atoms with Gasteiger partial charge in [0.25, 0.3) is 0 Å². The van der Waals surface area contributed by atoms with Crippen LogP contribution in [0.1, 0.15) is 32.6 Å². The second-order valence-corrected chi connectivity index (χ2v) is 5.11. The second-order valence-electron chi connectivity index (χ2n) is 5.11. The summed E-state index contributed by atoms with van der Waals surface area (Å²) in [7, 11) is 0. The Morgan fingerprint density at radius 2 is 2.00 bits per heavy atom. The van der Waals surface area contributed by atoms with Crippen LogP contribution in [0.3, 0.4) is 0 Å². The van der Waals surface area contributed by atoms with E-state index in [1.807, 2.05) is 0 Å². The summed E-state index contributed by atoms with van der Waals surface area (Å²) < 4.78 is 5.44. The molecule has 1 aliphatic carbocycles. The van der Waals surface area contributed by atoms with E-state index in [1.54, 1.807) is 0 Å². The second kappa shape index (κ2) is 4.81. The van der Waals surface area contributed by atoms with Gasteiger partial charge in [-0.05, 0) is 44.2 Å². The molecular formula is C12H24N2O. The largest absolute Gasteiger partial charge is 0.381 e. The number of hydrogen-bond donors (Lipinski definition) is 1. The molecule has 0 amide bonds. The van der Waals surface area contributed by atoms with Gasteiger partial charge < -0.3 is 15.4 Å². The zero-order chi connectivity index (χ0) is 10.7. The molecule has 2 fully saturated rings. The van der Waals surface area contributed by atoms with Crippen LogP contribution >= 0.6 is 0 Å². The zero-order valence-electron chi connectivity index (χ0n) is 9.87. The van der Waals surface area contributed by atoms with Gasteiger partial charge in [-0.25, -0.2) is 0 Å². The van der Waals surface area contributed by atoms with Crippen molar-refractivity contribution in [1.82, 2.24) is 4.90 Å². The van der Waals surface area contributed by atoms with Crippen molar-refractivity contribution in [3.63, 3.8) is 0 Å². The summed E-state index contributed by atoms with van der Waals surface area (Å²) >= 11 is 0. The molecule has 0 aromatic rings. The third kappa shape index (κ3) is 2.71. The van der Waals surface area contributed by atoms with Crippen molar-refractivity contribution in [3.05, 3.63) is 0 Å². The average molecular weight is 212 g/mol. The van der Waals surface area contributed by atoms with E-state index in [9.17, 15) is 0 Å². The first-order chi connectivity index (χ1) is 7.29. The summed E-state index contributed by atoms with van der Waals surface area (Å²) in [6, 6.07) is 0.862. The lowest BCUT2D eigenvalue weighted by Crippen LogP contribution is -2.46. The molecule has 2 N–H and O–H groups in total. The molecule has 1 aliphatic heterocycles. The van der Waals surface area contributed by atoms with Crippen LogP contribution in [-0.4, -0.2) is 43.8 Å².